The Morgan fingerprint density at radius 3 is 1.32 bits per heavy atom. The first-order valence-corrected chi connectivity index (χ1v) is 5.22. The van der Waals surface area contributed by atoms with Crippen molar-refractivity contribution >= 4 is 0 Å². The van der Waals surface area contributed by atoms with Gasteiger partial charge in [-0.15, -0.1) is 0 Å². The van der Waals surface area contributed by atoms with Crippen molar-refractivity contribution in [1.82, 2.24) is 0 Å². The molecule has 134 valence electrons. The summed E-state index contributed by atoms with van der Waals surface area (Å²) < 4.78 is 163. The minimum absolute atomic E-state index is 0.169. The minimum atomic E-state index is -7.36. The zero-order valence-electron chi connectivity index (χ0n) is 10.3. The highest BCUT2D eigenvalue weighted by Gasteiger charge is 2.84. The molecule has 0 bridgehead atoms. The average molecular weight is 362 g/mol. The molecule has 0 heterocycles. The van der Waals surface area contributed by atoms with Gasteiger partial charge in [0, 0.05) is 6.42 Å². The van der Waals surface area contributed by atoms with E-state index in [2.05, 4.69) is 0 Å². The average Bonchev–Trinajstić information content (AvgIpc) is 2.36. The summed E-state index contributed by atoms with van der Waals surface area (Å²) in [5, 5.41) is 0. The van der Waals surface area contributed by atoms with Crippen molar-refractivity contribution in [3.05, 3.63) is 0 Å². The van der Waals surface area contributed by atoms with Gasteiger partial charge in [-0.1, -0.05) is 6.92 Å². The topological polar surface area (TPSA) is 0 Å². The fourth-order valence-electron chi connectivity index (χ4n) is 1.17. The molecule has 0 saturated carbocycles. The van der Waals surface area contributed by atoms with Gasteiger partial charge < -0.3 is 0 Å². The van der Waals surface area contributed by atoms with Crippen LogP contribution in [0.3, 0.4) is 0 Å². The Bertz CT molecular complexity index is 385. The molecule has 0 nitrogen and oxygen atoms in total. The van der Waals surface area contributed by atoms with Gasteiger partial charge in [-0.3, -0.25) is 0 Å². The third kappa shape index (κ3) is 2.82. The predicted molar refractivity (Wildman–Crippen MR) is 45.9 cm³/mol. The molecule has 0 aromatic heterocycles. The zero-order valence-corrected chi connectivity index (χ0v) is 10.3. The fraction of sp³-hybridized carbons (Fsp3) is 1.00. The lowest BCUT2D eigenvalue weighted by Crippen LogP contribution is -2.67. The molecule has 0 N–H and O–H groups in total. The minimum Gasteiger partial charge on any atom is -0.234 e. The second-order valence-corrected chi connectivity index (χ2v) is 4.17. The third-order valence-electron chi connectivity index (χ3n) is 2.66. The molecule has 0 aromatic carbocycles. The summed E-state index contributed by atoms with van der Waals surface area (Å²) in [6, 6.07) is 0. The van der Waals surface area contributed by atoms with Crippen LogP contribution in [0.25, 0.3) is 0 Å². The SMILES string of the molecule is CCC(F)(F)C(F)(F)C(F)(F)C(F)(F)C(F)C(F)(F)C(F)F. The number of rotatable bonds is 7. The predicted octanol–water partition coefficient (Wildman–Crippen LogP) is 5.18. The molecule has 22 heavy (non-hydrogen) atoms. The van der Waals surface area contributed by atoms with E-state index in [-0.39, 0.29) is 6.92 Å². The number of hydrogen-bond acceptors (Lipinski definition) is 0. The molecular weight excluding hydrogens is 355 g/mol. The van der Waals surface area contributed by atoms with Gasteiger partial charge in [-0.25, -0.2) is 13.2 Å². The molecule has 13 heteroatoms. The summed E-state index contributed by atoms with van der Waals surface area (Å²) >= 11 is 0. The first-order chi connectivity index (χ1) is 9.41. The Morgan fingerprint density at radius 1 is 0.682 bits per heavy atom. The summed E-state index contributed by atoms with van der Waals surface area (Å²) in [6.07, 6.45) is -13.2. The van der Waals surface area contributed by atoms with Crippen molar-refractivity contribution in [3.8, 4) is 0 Å². The summed E-state index contributed by atoms with van der Waals surface area (Å²) in [4.78, 5) is 0. The van der Waals surface area contributed by atoms with Gasteiger partial charge >= 0.3 is 36.0 Å². The highest BCUT2D eigenvalue weighted by atomic mass is 19.4. The molecular formula is C9H7F13. The van der Waals surface area contributed by atoms with Crippen LogP contribution in [0.2, 0.25) is 0 Å². The Labute approximate surface area is 114 Å². The third-order valence-corrected chi connectivity index (χ3v) is 2.66. The van der Waals surface area contributed by atoms with E-state index in [1.165, 1.54) is 0 Å². The van der Waals surface area contributed by atoms with Gasteiger partial charge in [-0.05, 0) is 0 Å². The molecule has 0 spiro atoms. The van der Waals surface area contributed by atoms with Gasteiger partial charge in [0.2, 0.25) is 6.17 Å². The van der Waals surface area contributed by atoms with E-state index in [0.29, 0.717) is 0 Å². The Balaban J connectivity index is 5.97. The number of hydrogen-bond donors (Lipinski definition) is 0. The molecule has 0 radical (unpaired) electrons. The molecule has 1 unspecified atom stereocenters. The lowest BCUT2D eigenvalue weighted by molar-refractivity contribution is -0.389. The molecule has 0 saturated heterocycles. The van der Waals surface area contributed by atoms with E-state index in [1.54, 1.807) is 0 Å². The van der Waals surface area contributed by atoms with E-state index in [1.807, 2.05) is 0 Å². The van der Waals surface area contributed by atoms with Gasteiger partial charge in [0.1, 0.15) is 0 Å². The Kier molecular flexibility index (Phi) is 5.39. The van der Waals surface area contributed by atoms with Crippen LogP contribution >= 0.6 is 0 Å². The van der Waals surface area contributed by atoms with Crippen LogP contribution in [0.1, 0.15) is 13.3 Å². The maximum Gasteiger partial charge on any atom is 0.381 e. The number of alkyl halides is 13. The lowest BCUT2D eigenvalue weighted by Gasteiger charge is -2.38. The second kappa shape index (κ2) is 5.62. The molecule has 0 rings (SSSR count). The van der Waals surface area contributed by atoms with Crippen molar-refractivity contribution in [2.24, 2.45) is 0 Å². The first kappa shape index (κ1) is 21.1. The summed E-state index contributed by atoms with van der Waals surface area (Å²) in [5.41, 5.74) is 0. The van der Waals surface area contributed by atoms with Crippen LogP contribution in [-0.2, 0) is 0 Å². The standard InChI is InChI=1S/C9H7F13/c1-2-5(13,14)8(19,20)9(21,22)7(17,18)3(10)6(15,16)4(11)12/h3-4H,2H2,1H3. The van der Waals surface area contributed by atoms with E-state index in [4.69, 9.17) is 0 Å². The summed E-state index contributed by atoms with van der Waals surface area (Å²) in [7, 11) is 0. The maximum atomic E-state index is 12.9. The van der Waals surface area contributed by atoms with Gasteiger partial charge in [0.15, 0.2) is 0 Å². The molecule has 0 aliphatic heterocycles. The van der Waals surface area contributed by atoms with Crippen LogP contribution in [0.15, 0.2) is 0 Å². The summed E-state index contributed by atoms with van der Waals surface area (Å²) in [5.74, 6) is -33.8. The normalized spacial score (nSPS) is 17.0. The molecule has 0 fully saturated rings. The number of halogens is 13. The van der Waals surface area contributed by atoms with E-state index >= 15 is 0 Å². The largest absolute Gasteiger partial charge is 0.381 e. The van der Waals surface area contributed by atoms with E-state index in [0.717, 1.165) is 0 Å². The van der Waals surface area contributed by atoms with Gasteiger partial charge in [0.25, 0.3) is 0 Å². The van der Waals surface area contributed by atoms with Gasteiger partial charge in [0.05, 0.1) is 0 Å². The molecule has 0 aliphatic carbocycles. The highest BCUT2D eigenvalue weighted by molar-refractivity contribution is 5.08. The monoisotopic (exact) mass is 362 g/mol. The van der Waals surface area contributed by atoms with Crippen molar-refractivity contribution in [2.75, 3.05) is 0 Å². The van der Waals surface area contributed by atoms with Crippen molar-refractivity contribution in [2.45, 2.75) is 55.6 Å². The quantitative estimate of drug-likeness (QED) is 0.548. The van der Waals surface area contributed by atoms with Crippen molar-refractivity contribution in [1.29, 1.82) is 0 Å². The molecule has 0 amide bonds. The Hall–Kier alpha value is -0.910. The summed E-state index contributed by atoms with van der Waals surface area (Å²) in [6.45, 7) is 0.169. The van der Waals surface area contributed by atoms with Crippen molar-refractivity contribution in [3.63, 3.8) is 0 Å². The van der Waals surface area contributed by atoms with Crippen LogP contribution in [-0.4, -0.2) is 42.2 Å². The smallest absolute Gasteiger partial charge is 0.234 e. The highest BCUT2D eigenvalue weighted by Crippen LogP contribution is 2.56. The van der Waals surface area contributed by atoms with Crippen LogP contribution in [0.4, 0.5) is 57.1 Å². The molecule has 0 aliphatic rings. The first-order valence-electron chi connectivity index (χ1n) is 5.22. The zero-order chi connectivity index (χ0) is 18.4. The van der Waals surface area contributed by atoms with E-state index < -0.39 is 48.6 Å². The Morgan fingerprint density at radius 2 is 1.05 bits per heavy atom. The maximum absolute atomic E-state index is 12.9. The van der Waals surface area contributed by atoms with Crippen LogP contribution in [0, 0.1) is 0 Å². The van der Waals surface area contributed by atoms with Crippen molar-refractivity contribution < 1.29 is 57.1 Å². The van der Waals surface area contributed by atoms with Crippen LogP contribution < -0.4 is 0 Å². The van der Waals surface area contributed by atoms with Crippen LogP contribution in [0.5, 0.6) is 0 Å². The molecule has 1 atom stereocenters. The van der Waals surface area contributed by atoms with E-state index in [9.17, 15) is 57.1 Å². The molecule has 0 aromatic rings. The fourth-order valence-corrected chi connectivity index (χ4v) is 1.17. The second-order valence-electron chi connectivity index (χ2n) is 4.17. The lowest BCUT2D eigenvalue weighted by atomic mass is 9.92. The van der Waals surface area contributed by atoms with Gasteiger partial charge in [-0.2, -0.15) is 43.9 Å².